The Morgan fingerprint density at radius 2 is 1.86 bits per heavy atom. The van der Waals surface area contributed by atoms with E-state index in [1.54, 1.807) is 0 Å². The fourth-order valence-corrected chi connectivity index (χ4v) is 3.00. The van der Waals surface area contributed by atoms with Gasteiger partial charge in [0.25, 0.3) is 5.91 Å². The molecule has 2 fully saturated rings. The molecule has 3 rings (SSSR count). The van der Waals surface area contributed by atoms with Crippen LogP contribution in [0.4, 0.5) is 5.69 Å². The summed E-state index contributed by atoms with van der Waals surface area (Å²) in [7, 11) is 0. The minimum atomic E-state index is 0.0534. The maximum atomic E-state index is 12.4. The molecule has 0 aliphatic carbocycles. The summed E-state index contributed by atoms with van der Waals surface area (Å²) in [5, 5.41) is 0. The van der Waals surface area contributed by atoms with Gasteiger partial charge in [0.1, 0.15) is 0 Å². The lowest BCUT2D eigenvalue weighted by Crippen LogP contribution is -2.40. The molecule has 0 radical (unpaired) electrons. The summed E-state index contributed by atoms with van der Waals surface area (Å²) in [6, 6.07) is 5.73. The summed E-state index contributed by atoms with van der Waals surface area (Å²) in [5.74, 6) is 0.0534. The van der Waals surface area contributed by atoms with Gasteiger partial charge >= 0.3 is 0 Å². The van der Waals surface area contributed by atoms with Crippen molar-refractivity contribution in [1.82, 2.24) is 9.80 Å². The highest BCUT2D eigenvalue weighted by Crippen LogP contribution is 2.20. The molecule has 2 aliphatic rings. The Morgan fingerprint density at radius 3 is 2.52 bits per heavy atom. The van der Waals surface area contributed by atoms with Crippen molar-refractivity contribution in [2.75, 3.05) is 45.1 Å². The topological polar surface area (TPSA) is 58.8 Å². The summed E-state index contributed by atoms with van der Waals surface area (Å²) in [6.07, 6.45) is 2.54. The van der Waals surface area contributed by atoms with E-state index in [0.29, 0.717) is 31.9 Å². The number of carbonyl (C=O) groups excluding carboxylic acids is 1. The smallest absolute Gasteiger partial charge is 0.254 e. The second-order valence-corrected chi connectivity index (χ2v) is 5.80. The number of benzene rings is 1. The first-order valence-corrected chi connectivity index (χ1v) is 7.72. The van der Waals surface area contributed by atoms with Crippen molar-refractivity contribution < 1.29 is 9.53 Å². The van der Waals surface area contributed by atoms with Gasteiger partial charge in [0, 0.05) is 30.9 Å². The van der Waals surface area contributed by atoms with Gasteiger partial charge in [-0.2, -0.15) is 0 Å². The highest BCUT2D eigenvalue weighted by atomic mass is 16.5. The van der Waals surface area contributed by atoms with Crippen LogP contribution in [-0.2, 0) is 11.3 Å². The predicted molar refractivity (Wildman–Crippen MR) is 82.1 cm³/mol. The van der Waals surface area contributed by atoms with Gasteiger partial charge in [0.05, 0.1) is 13.2 Å². The van der Waals surface area contributed by atoms with Gasteiger partial charge in [0.2, 0.25) is 0 Å². The number of anilines is 1. The number of likely N-dealkylation sites (tertiary alicyclic amines) is 1. The van der Waals surface area contributed by atoms with E-state index >= 15 is 0 Å². The number of morpholine rings is 1. The molecule has 2 N–H and O–H groups in total. The van der Waals surface area contributed by atoms with Crippen molar-refractivity contribution in [1.29, 1.82) is 0 Å². The third-order valence-corrected chi connectivity index (χ3v) is 4.28. The molecule has 1 aromatic rings. The van der Waals surface area contributed by atoms with Gasteiger partial charge in [-0.25, -0.2) is 0 Å². The molecule has 1 aromatic carbocycles. The first-order chi connectivity index (χ1) is 10.2. The monoisotopic (exact) mass is 289 g/mol. The predicted octanol–water partition coefficient (Wildman–Crippen LogP) is 1.34. The first-order valence-electron chi connectivity index (χ1n) is 7.72. The molecule has 5 nitrogen and oxygen atoms in total. The normalized spacial score (nSPS) is 19.9. The van der Waals surface area contributed by atoms with E-state index in [-0.39, 0.29) is 5.91 Å². The van der Waals surface area contributed by atoms with E-state index < -0.39 is 0 Å². The molecular weight excluding hydrogens is 266 g/mol. The summed E-state index contributed by atoms with van der Waals surface area (Å²) >= 11 is 0. The molecule has 1 amide bonds. The van der Waals surface area contributed by atoms with Crippen LogP contribution in [0.15, 0.2) is 18.2 Å². The van der Waals surface area contributed by atoms with Crippen LogP contribution in [0, 0.1) is 0 Å². The number of nitrogens with two attached hydrogens (primary N) is 1. The molecule has 0 spiro atoms. The average molecular weight is 289 g/mol. The maximum Gasteiger partial charge on any atom is 0.254 e. The third-order valence-electron chi connectivity index (χ3n) is 4.28. The molecule has 0 unspecified atom stereocenters. The van der Waals surface area contributed by atoms with E-state index in [0.717, 1.165) is 30.9 Å². The minimum Gasteiger partial charge on any atom is -0.398 e. The SMILES string of the molecule is Nc1cc(C(=O)N2CCOCC2)ccc1CN1CCCC1. The molecule has 2 saturated heterocycles. The second kappa shape index (κ2) is 6.45. The first kappa shape index (κ1) is 14.4. The maximum absolute atomic E-state index is 12.4. The highest BCUT2D eigenvalue weighted by molar-refractivity contribution is 5.95. The van der Waals surface area contributed by atoms with Crippen molar-refractivity contribution in [2.45, 2.75) is 19.4 Å². The molecule has 0 saturated carbocycles. The third kappa shape index (κ3) is 3.36. The lowest BCUT2D eigenvalue weighted by atomic mass is 10.1. The standard InChI is InChI=1S/C16H23N3O2/c17-15-11-13(16(20)19-7-9-21-10-8-19)3-4-14(15)12-18-5-1-2-6-18/h3-4,11H,1-2,5-10,12,17H2. The van der Waals surface area contributed by atoms with Crippen molar-refractivity contribution in [3.63, 3.8) is 0 Å². The van der Waals surface area contributed by atoms with Crippen LogP contribution in [0.25, 0.3) is 0 Å². The van der Waals surface area contributed by atoms with E-state index in [4.69, 9.17) is 10.5 Å². The van der Waals surface area contributed by atoms with Crippen LogP contribution >= 0.6 is 0 Å². The van der Waals surface area contributed by atoms with Gasteiger partial charge in [-0.3, -0.25) is 9.69 Å². The van der Waals surface area contributed by atoms with Crippen molar-refractivity contribution >= 4 is 11.6 Å². The van der Waals surface area contributed by atoms with Gasteiger partial charge in [-0.05, 0) is 43.6 Å². The van der Waals surface area contributed by atoms with Gasteiger partial charge < -0.3 is 15.4 Å². The Labute approximate surface area is 125 Å². The Balaban J connectivity index is 1.69. The zero-order chi connectivity index (χ0) is 14.7. The molecular formula is C16H23N3O2. The largest absolute Gasteiger partial charge is 0.398 e. The fourth-order valence-electron chi connectivity index (χ4n) is 3.00. The molecule has 2 heterocycles. The Hall–Kier alpha value is -1.59. The number of nitrogens with zero attached hydrogens (tertiary/aromatic N) is 2. The fraction of sp³-hybridized carbons (Fsp3) is 0.562. The van der Waals surface area contributed by atoms with E-state index in [1.807, 2.05) is 23.1 Å². The molecule has 114 valence electrons. The zero-order valence-corrected chi connectivity index (χ0v) is 12.4. The number of hydrogen-bond acceptors (Lipinski definition) is 4. The number of nitrogen functional groups attached to an aromatic ring is 1. The zero-order valence-electron chi connectivity index (χ0n) is 12.4. The summed E-state index contributed by atoms with van der Waals surface area (Å²) in [5.41, 5.74) is 8.67. The van der Waals surface area contributed by atoms with Gasteiger partial charge in [0.15, 0.2) is 0 Å². The number of hydrogen-bond donors (Lipinski definition) is 1. The molecule has 5 heteroatoms. The lowest BCUT2D eigenvalue weighted by Gasteiger charge is -2.27. The molecule has 2 aliphatic heterocycles. The Bertz CT molecular complexity index is 506. The Kier molecular flexibility index (Phi) is 4.41. The van der Waals surface area contributed by atoms with Crippen LogP contribution in [0.2, 0.25) is 0 Å². The second-order valence-electron chi connectivity index (χ2n) is 5.80. The van der Waals surface area contributed by atoms with Crippen molar-refractivity contribution in [2.24, 2.45) is 0 Å². The molecule has 0 atom stereocenters. The van der Waals surface area contributed by atoms with Gasteiger partial charge in [-0.1, -0.05) is 6.07 Å². The molecule has 21 heavy (non-hydrogen) atoms. The van der Waals surface area contributed by atoms with Gasteiger partial charge in [-0.15, -0.1) is 0 Å². The van der Waals surface area contributed by atoms with E-state index in [9.17, 15) is 4.79 Å². The Morgan fingerprint density at radius 1 is 1.14 bits per heavy atom. The summed E-state index contributed by atoms with van der Waals surface area (Å²) < 4.78 is 5.28. The number of amides is 1. The summed E-state index contributed by atoms with van der Waals surface area (Å²) in [6.45, 7) is 5.74. The molecule has 0 bridgehead atoms. The summed E-state index contributed by atoms with van der Waals surface area (Å²) in [4.78, 5) is 16.7. The number of ether oxygens (including phenoxy) is 1. The van der Waals surface area contributed by atoms with Crippen molar-refractivity contribution in [3.05, 3.63) is 29.3 Å². The van der Waals surface area contributed by atoms with E-state index in [1.165, 1.54) is 12.8 Å². The lowest BCUT2D eigenvalue weighted by molar-refractivity contribution is 0.0303. The average Bonchev–Trinajstić information content (AvgIpc) is 3.02. The quantitative estimate of drug-likeness (QED) is 0.853. The van der Waals surface area contributed by atoms with Crippen LogP contribution in [0.5, 0.6) is 0 Å². The van der Waals surface area contributed by atoms with Crippen molar-refractivity contribution in [3.8, 4) is 0 Å². The number of carbonyl (C=O) groups is 1. The highest BCUT2D eigenvalue weighted by Gasteiger charge is 2.19. The molecule has 0 aromatic heterocycles. The van der Waals surface area contributed by atoms with Crippen LogP contribution in [-0.4, -0.2) is 55.1 Å². The van der Waals surface area contributed by atoms with Crippen LogP contribution in [0.1, 0.15) is 28.8 Å². The minimum absolute atomic E-state index is 0.0534. The number of rotatable bonds is 3. The van der Waals surface area contributed by atoms with E-state index in [2.05, 4.69) is 4.90 Å². The van der Waals surface area contributed by atoms with Crippen LogP contribution < -0.4 is 5.73 Å². The van der Waals surface area contributed by atoms with Crippen LogP contribution in [0.3, 0.4) is 0 Å².